The number of alkyl halides is 3. The van der Waals surface area contributed by atoms with E-state index in [1.807, 2.05) is 0 Å². The lowest BCUT2D eigenvalue weighted by atomic mass is 9.93. The molecular formula is C12H8F3NO2. The van der Waals surface area contributed by atoms with Crippen LogP contribution in [0.4, 0.5) is 13.2 Å². The van der Waals surface area contributed by atoms with Gasteiger partial charge in [-0.3, -0.25) is 14.9 Å². The Hall–Kier alpha value is -1.85. The summed E-state index contributed by atoms with van der Waals surface area (Å²) in [6, 6.07) is 4.44. The number of carbonyl (C=O) groups excluding carboxylic acids is 2. The summed E-state index contributed by atoms with van der Waals surface area (Å²) in [7, 11) is 0. The molecule has 2 aliphatic rings. The average molecular weight is 255 g/mol. The first-order valence-electron chi connectivity index (χ1n) is 5.39. The molecular weight excluding hydrogens is 247 g/mol. The van der Waals surface area contributed by atoms with E-state index in [1.54, 1.807) is 0 Å². The Morgan fingerprint density at radius 1 is 1.17 bits per heavy atom. The molecule has 1 heterocycles. The van der Waals surface area contributed by atoms with Gasteiger partial charge >= 0.3 is 6.18 Å². The first-order chi connectivity index (χ1) is 8.35. The van der Waals surface area contributed by atoms with Gasteiger partial charge in [0.1, 0.15) is 0 Å². The molecule has 2 amide bonds. The molecule has 3 rings (SSSR count). The Labute approximate surface area is 100.0 Å². The third-order valence-electron chi connectivity index (χ3n) is 3.65. The molecule has 18 heavy (non-hydrogen) atoms. The zero-order valence-electron chi connectivity index (χ0n) is 9.04. The van der Waals surface area contributed by atoms with Gasteiger partial charge in [0.25, 0.3) is 0 Å². The van der Waals surface area contributed by atoms with E-state index in [4.69, 9.17) is 0 Å². The second-order valence-corrected chi connectivity index (χ2v) is 4.62. The topological polar surface area (TPSA) is 46.2 Å². The van der Waals surface area contributed by atoms with Gasteiger partial charge in [-0.1, -0.05) is 12.1 Å². The Kier molecular flexibility index (Phi) is 1.95. The van der Waals surface area contributed by atoms with Crippen molar-refractivity contribution in [1.82, 2.24) is 5.32 Å². The highest BCUT2D eigenvalue weighted by Gasteiger charge is 2.69. The van der Waals surface area contributed by atoms with Crippen LogP contribution in [0.5, 0.6) is 0 Å². The van der Waals surface area contributed by atoms with Crippen molar-refractivity contribution in [2.24, 2.45) is 5.92 Å². The number of imide groups is 1. The first-order valence-corrected chi connectivity index (χ1v) is 5.39. The molecule has 2 atom stereocenters. The van der Waals surface area contributed by atoms with E-state index >= 15 is 0 Å². The summed E-state index contributed by atoms with van der Waals surface area (Å²) in [4.78, 5) is 23.0. The number of nitrogens with one attached hydrogen (secondary N) is 1. The Morgan fingerprint density at radius 3 is 2.17 bits per heavy atom. The summed E-state index contributed by atoms with van der Waals surface area (Å²) in [5.41, 5.74) is -1.20. The molecule has 0 radical (unpaired) electrons. The fraction of sp³-hybridized carbons (Fsp3) is 0.333. The summed E-state index contributed by atoms with van der Waals surface area (Å²) in [5, 5.41) is 2.20. The van der Waals surface area contributed by atoms with Crippen molar-refractivity contribution in [2.45, 2.75) is 18.0 Å². The molecule has 94 valence electrons. The maximum Gasteiger partial charge on any atom is 0.416 e. The first kappa shape index (κ1) is 11.3. The molecule has 1 aliphatic carbocycles. The van der Waals surface area contributed by atoms with E-state index in [2.05, 4.69) is 5.32 Å². The van der Waals surface area contributed by atoms with Crippen molar-refractivity contribution in [3.8, 4) is 0 Å². The highest BCUT2D eigenvalue weighted by Crippen LogP contribution is 2.57. The van der Waals surface area contributed by atoms with Crippen LogP contribution in [-0.4, -0.2) is 11.8 Å². The second-order valence-electron chi connectivity index (χ2n) is 4.62. The zero-order chi connectivity index (χ0) is 13.1. The van der Waals surface area contributed by atoms with Gasteiger partial charge in [0.15, 0.2) is 0 Å². The molecule has 0 unspecified atom stereocenters. The minimum Gasteiger partial charge on any atom is -0.295 e. The minimum atomic E-state index is -4.40. The Balaban J connectivity index is 1.96. The molecule has 6 heteroatoms. The smallest absolute Gasteiger partial charge is 0.295 e. The monoisotopic (exact) mass is 255 g/mol. The van der Waals surface area contributed by atoms with E-state index in [0.29, 0.717) is 12.0 Å². The quantitative estimate of drug-likeness (QED) is 0.775. The van der Waals surface area contributed by atoms with Gasteiger partial charge in [-0.15, -0.1) is 0 Å². The molecule has 0 spiro atoms. The Bertz CT molecular complexity index is 549. The molecule has 0 bridgehead atoms. The molecule has 1 aromatic carbocycles. The van der Waals surface area contributed by atoms with Crippen molar-refractivity contribution >= 4 is 11.8 Å². The zero-order valence-corrected chi connectivity index (χ0v) is 9.04. The molecule has 1 aliphatic heterocycles. The Morgan fingerprint density at radius 2 is 1.78 bits per heavy atom. The molecule has 2 fully saturated rings. The van der Waals surface area contributed by atoms with Gasteiger partial charge in [0, 0.05) is 0 Å². The molecule has 1 aromatic rings. The van der Waals surface area contributed by atoms with Gasteiger partial charge in [-0.2, -0.15) is 13.2 Å². The summed E-state index contributed by atoms with van der Waals surface area (Å²) >= 11 is 0. The van der Waals surface area contributed by atoms with E-state index in [1.165, 1.54) is 12.1 Å². The van der Waals surface area contributed by atoms with Crippen LogP contribution in [0.15, 0.2) is 24.3 Å². The predicted octanol–water partition coefficient (Wildman–Crippen LogP) is 1.62. The lowest BCUT2D eigenvalue weighted by Gasteiger charge is -2.12. The van der Waals surface area contributed by atoms with E-state index in [-0.39, 0.29) is 5.91 Å². The fourth-order valence-electron chi connectivity index (χ4n) is 2.55. The van der Waals surface area contributed by atoms with Crippen molar-refractivity contribution in [2.75, 3.05) is 0 Å². The number of rotatable bonds is 1. The van der Waals surface area contributed by atoms with Crippen LogP contribution >= 0.6 is 0 Å². The van der Waals surface area contributed by atoms with Crippen molar-refractivity contribution in [3.63, 3.8) is 0 Å². The standard InChI is InChI=1S/C12H8F3NO2/c13-12(14,15)7-3-1-6(2-4-7)11-5-8(11)9(17)16-10(11)18/h1-4,8H,5H2,(H,16,17,18)/t8-,11+/m0/s1. The van der Waals surface area contributed by atoms with Crippen molar-refractivity contribution in [3.05, 3.63) is 35.4 Å². The van der Waals surface area contributed by atoms with E-state index in [9.17, 15) is 22.8 Å². The number of halogens is 3. The third-order valence-corrected chi connectivity index (χ3v) is 3.65. The van der Waals surface area contributed by atoms with Crippen molar-refractivity contribution in [1.29, 1.82) is 0 Å². The number of benzene rings is 1. The highest BCUT2D eigenvalue weighted by molar-refractivity contribution is 6.15. The minimum absolute atomic E-state index is 0.333. The van der Waals surface area contributed by atoms with Gasteiger partial charge in [-0.05, 0) is 24.1 Å². The lowest BCUT2D eigenvalue weighted by Crippen LogP contribution is -2.30. The molecule has 1 N–H and O–H groups in total. The van der Waals surface area contributed by atoms with Gasteiger partial charge in [0.05, 0.1) is 16.9 Å². The normalized spacial score (nSPS) is 30.1. The van der Waals surface area contributed by atoms with Crippen LogP contribution in [0.2, 0.25) is 0 Å². The van der Waals surface area contributed by atoms with Crippen LogP contribution in [0.3, 0.4) is 0 Å². The van der Waals surface area contributed by atoms with E-state index in [0.717, 1.165) is 12.1 Å². The van der Waals surface area contributed by atoms with Crippen LogP contribution in [0.25, 0.3) is 0 Å². The number of fused-ring (bicyclic) bond motifs is 1. The largest absolute Gasteiger partial charge is 0.416 e. The van der Waals surface area contributed by atoms with Crippen LogP contribution < -0.4 is 5.32 Å². The maximum absolute atomic E-state index is 12.4. The van der Waals surface area contributed by atoms with Crippen molar-refractivity contribution < 1.29 is 22.8 Å². The number of carbonyl (C=O) groups is 2. The van der Waals surface area contributed by atoms with Gasteiger partial charge < -0.3 is 0 Å². The van der Waals surface area contributed by atoms with Crippen LogP contribution in [0.1, 0.15) is 17.5 Å². The highest BCUT2D eigenvalue weighted by atomic mass is 19.4. The molecule has 3 nitrogen and oxygen atoms in total. The van der Waals surface area contributed by atoms with E-state index < -0.39 is 29.0 Å². The molecule has 1 saturated heterocycles. The second kappa shape index (κ2) is 3.13. The molecule has 0 aromatic heterocycles. The van der Waals surface area contributed by atoms with Gasteiger partial charge in [-0.25, -0.2) is 0 Å². The summed E-state index contributed by atoms with van der Waals surface area (Å²) in [6.07, 6.45) is -4.00. The number of piperidine rings is 1. The maximum atomic E-state index is 12.4. The third kappa shape index (κ3) is 1.31. The predicted molar refractivity (Wildman–Crippen MR) is 54.4 cm³/mol. The summed E-state index contributed by atoms with van der Waals surface area (Å²) < 4.78 is 37.2. The summed E-state index contributed by atoms with van der Waals surface area (Å²) in [5.74, 6) is -1.15. The SMILES string of the molecule is O=C1NC(=O)[C@@]2(c3ccc(C(F)(F)F)cc3)C[C@@H]12. The lowest BCUT2D eigenvalue weighted by molar-refractivity contribution is -0.137. The fourth-order valence-corrected chi connectivity index (χ4v) is 2.55. The summed E-state index contributed by atoms with van der Waals surface area (Å²) in [6.45, 7) is 0. The number of hydrogen-bond acceptors (Lipinski definition) is 2. The molecule has 1 saturated carbocycles. The van der Waals surface area contributed by atoms with Crippen LogP contribution in [0, 0.1) is 5.92 Å². The number of hydrogen-bond donors (Lipinski definition) is 1. The van der Waals surface area contributed by atoms with Gasteiger partial charge in [0.2, 0.25) is 11.8 Å². The van der Waals surface area contributed by atoms with Crippen LogP contribution in [-0.2, 0) is 21.2 Å². The average Bonchev–Trinajstić information content (AvgIpc) is 2.99. The number of amides is 2.